The van der Waals surface area contributed by atoms with Gasteiger partial charge in [-0.15, -0.1) is 0 Å². The van der Waals surface area contributed by atoms with Crippen LogP contribution in [0.3, 0.4) is 0 Å². The topological polar surface area (TPSA) is 122 Å². The van der Waals surface area contributed by atoms with E-state index >= 15 is 0 Å². The van der Waals surface area contributed by atoms with Gasteiger partial charge in [0.2, 0.25) is 5.88 Å². The van der Waals surface area contributed by atoms with E-state index in [0.29, 0.717) is 29.0 Å². The lowest BCUT2D eigenvalue weighted by Crippen LogP contribution is -2.44. The number of ketones is 1. The fourth-order valence-electron chi connectivity index (χ4n) is 3.94. The molecule has 1 N–H and O–H groups in total. The smallest absolute Gasteiger partial charge is 0.263 e. The van der Waals surface area contributed by atoms with Crippen molar-refractivity contribution in [3.05, 3.63) is 54.2 Å². The molecule has 1 aromatic carbocycles. The minimum Gasteiger partial charge on any atom is -0.478 e. The van der Waals surface area contributed by atoms with Gasteiger partial charge in [0.05, 0.1) is 22.8 Å². The molecule has 10 nitrogen and oxygen atoms in total. The van der Waals surface area contributed by atoms with Crippen LogP contribution in [0.1, 0.15) is 23.7 Å². The molecular formula is C26H31N5O5S2. The molecule has 1 saturated heterocycles. The summed E-state index contributed by atoms with van der Waals surface area (Å²) < 4.78 is 34.1. The van der Waals surface area contributed by atoms with E-state index < -0.39 is 10.0 Å². The van der Waals surface area contributed by atoms with Gasteiger partial charge in [0.15, 0.2) is 10.9 Å². The molecule has 3 aromatic rings. The number of hydrogen-bond donors (Lipinski definition) is 1. The second-order valence-corrected chi connectivity index (χ2v) is 11.9. The lowest BCUT2D eigenvalue weighted by atomic mass is 10.2. The Hall–Kier alpha value is -3.06. The summed E-state index contributed by atoms with van der Waals surface area (Å²) in [7, 11) is -1.77. The van der Waals surface area contributed by atoms with Crippen LogP contribution in [-0.2, 0) is 14.8 Å². The molecule has 1 fully saturated rings. The Morgan fingerprint density at radius 3 is 2.58 bits per heavy atom. The molecule has 0 atom stereocenters. The monoisotopic (exact) mass is 557 g/mol. The fourth-order valence-corrected chi connectivity index (χ4v) is 5.48. The van der Waals surface area contributed by atoms with Crippen LogP contribution in [0.2, 0.25) is 0 Å². The third-order valence-electron chi connectivity index (χ3n) is 6.14. The summed E-state index contributed by atoms with van der Waals surface area (Å²) >= 11 is 0.914. The van der Waals surface area contributed by atoms with Crippen LogP contribution in [0.5, 0.6) is 5.88 Å². The Bertz CT molecular complexity index is 1390. The normalized spacial score (nSPS) is 14.9. The van der Waals surface area contributed by atoms with Gasteiger partial charge in [-0.2, -0.15) is 0 Å². The number of anilines is 1. The predicted octanol–water partition coefficient (Wildman–Crippen LogP) is 2.91. The lowest BCUT2D eigenvalue weighted by molar-refractivity contribution is -0.109. The number of piperazine rings is 1. The molecular weight excluding hydrogens is 526 g/mol. The zero-order chi connectivity index (χ0) is 27.1. The highest BCUT2D eigenvalue weighted by molar-refractivity contribution is 8.14. The van der Waals surface area contributed by atoms with Gasteiger partial charge >= 0.3 is 0 Å². The van der Waals surface area contributed by atoms with E-state index in [-0.39, 0.29) is 27.4 Å². The van der Waals surface area contributed by atoms with Crippen molar-refractivity contribution >= 4 is 49.4 Å². The Labute approximate surface area is 226 Å². The quantitative estimate of drug-likeness (QED) is 0.278. The predicted molar refractivity (Wildman–Crippen MR) is 148 cm³/mol. The molecule has 38 heavy (non-hydrogen) atoms. The molecule has 0 bridgehead atoms. The highest BCUT2D eigenvalue weighted by atomic mass is 32.2. The van der Waals surface area contributed by atoms with Gasteiger partial charge in [0, 0.05) is 62.9 Å². The number of nitrogens with one attached hydrogen (secondary N) is 1. The van der Waals surface area contributed by atoms with Gasteiger partial charge in [-0.3, -0.25) is 14.3 Å². The van der Waals surface area contributed by atoms with Crippen LogP contribution in [0.15, 0.2) is 53.6 Å². The molecule has 4 rings (SSSR count). The maximum absolute atomic E-state index is 12.9. The van der Waals surface area contributed by atoms with E-state index in [4.69, 9.17) is 4.74 Å². The minimum absolute atomic E-state index is 0.0105. The van der Waals surface area contributed by atoms with Crippen molar-refractivity contribution in [2.45, 2.75) is 18.2 Å². The average molecular weight is 558 g/mol. The van der Waals surface area contributed by atoms with Crippen molar-refractivity contribution in [1.82, 2.24) is 19.8 Å². The first kappa shape index (κ1) is 28.0. The summed E-state index contributed by atoms with van der Waals surface area (Å²) in [5, 5.41) is 0.510. The number of carbonyl (C=O) groups is 2. The highest BCUT2D eigenvalue weighted by Gasteiger charge is 2.17. The van der Waals surface area contributed by atoms with Crippen LogP contribution in [0.4, 0.5) is 5.82 Å². The largest absolute Gasteiger partial charge is 0.478 e. The van der Waals surface area contributed by atoms with Gasteiger partial charge in [-0.1, -0.05) is 11.8 Å². The minimum atomic E-state index is -3.91. The molecule has 0 saturated carbocycles. The molecule has 1 aliphatic heterocycles. The van der Waals surface area contributed by atoms with E-state index in [0.717, 1.165) is 50.9 Å². The summed E-state index contributed by atoms with van der Waals surface area (Å²) in [6.07, 6.45) is 2.20. The molecule has 0 aliphatic carbocycles. The number of Topliss-reactive ketones (excluding diaryl/α,β-unsaturated/α-hetero) is 1. The van der Waals surface area contributed by atoms with Crippen LogP contribution < -0.4 is 9.46 Å². The molecule has 3 heterocycles. The Kier molecular flexibility index (Phi) is 9.31. The SMILES string of the molecule is CC(=O)SCC(=O)c1ccc(NS(=O)(=O)c2ccc3nc(OCCCN4CCN(C)CC4)ccc3c2)nc1. The van der Waals surface area contributed by atoms with Gasteiger partial charge in [0.1, 0.15) is 5.82 Å². The number of likely N-dealkylation sites (N-methyl/N-ethyl adjacent to an activating group) is 1. The molecule has 0 unspecified atom stereocenters. The highest BCUT2D eigenvalue weighted by Crippen LogP contribution is 2.22. The Morgan fingerprint density at radius 1 is 1.08 bits per heavy atom. The number of pyridine rings is 2. The summed E-state index contributed by atoms with van der Waals surface area (Å²) in [6.45, 7) is 7.28. The number of sulfonamides is 1. The maximum atomic E-state index is 12.9. The zero-order valence-electron chi connectivity index (χ0n) is 21.4. The van der Waals surface area contributed by atoms with E-state index in [1.807, 2.05) is 0 Å². The number of carbonyl (C=O) groups excluding carboxylic acids is 2. The third-order valence-corrected chi connectivity index (χ3v) is 8.31. The van der Waals surface area contributed by atoms with Crippen molar-refractivity contribution in [1.29, 1.82) is 0 Å². The molecule has 12 heteroatoms. The number of fused-ring (bicyclic) bond motifs is 1. The summed E-state index contributed by atoms with van der Waals surface area (Å²) in [6, 6.07) is 11.1. The Balaban J connectivity index is 1.33. The number of nitrogens with zero attached hydrogens (tertiary/aromatic N) is 4. The number of thioether (sulfide) groups is 1. The van der Waals surface area contributed by atoms with Crippen LogP contribution in [0.25, 0.3) is 10.9 Å². The standard InChI is InChI=1S/C26H31N5O5S2/c1-19(32)37-18-24(33)21-4-8-25(27-17-21)29-38(34,35)22-6-7-23-20(16-22)5-9-26(28-23)36-15-3-10-31-13-11-30(2)12-14-31/h4-9,16-17H,3,10-15,18H2,1-2H3,(H,27,29). The van der Waals surface area contributed by atoms with Gasteiger partial charge in [-0.25, -0.2) is 18.4 Å². The molecule has 0 amide bonds. The van der Waals surface area contributed by atoms with Crippen molar-refractivity contribution in [2.75, 3.05) is 56.9 Å². The molecule has 0 spiro atoms. The summed E-state index contributed by atoms with van der Waals surface area (Å²) in [4.78, 5) is 36.5. The second-order valence-electron chi connectivity index (χ2n) is 9.09. The Morgan fingerprint density at radius 2 is 1.87 bits per heavy atom. The van der Waals surface area contributed by atoms with Crippen LogP contribution >= 0.6 is 11.8 Å². The number of aromatic nitrogens is 2. The first-order valence-electron chi connectivity index (χ1n) is 12.3. The molecule has 0 radical (unpaired) electrons. The summed E-state index contributed by atoms with van der Waals surface area (Å²) in [5.74, 6) is 0.341. The zero-order valence-corrected chi connectivity index (χ0v) is 23.1. The first-order chi connectivity index (χ1) is 18.2. The van der Waals surface area contributed by atoms with Gasteiger partial charge in [-0.05, 0) is 49.9 Å². The average Bonchev–Trinajstić information content (AvgIpc) is 2.90. The van der Waals surface area contributed by atoms with E-state index in [9.17, 15) is 18.0 Å². The van der Waals surface area contributed by atoms with E-state index in [1.165, 1.54) is 31.3 Å². The first-order valence-corrected chi connectivity index (χ1v) is 14.8. The van der Waals surface area contributed by atoms with Crippen molar-refractivity contribution in [3.8, 4) is 5.88 Å². The fraction of sp³-hybridized carbons (Fsp3) is 0.385. The van der Waals surface area contributed by atoms with E-state index in [2.05, 4.69) is 31.5 Å². The molecule has 1 aliphatic rings. The third kappa shape index (κ3) is 7.73. The van der Waals surface area contributed by atoms with Crippen molar-refractivity contribution < 1.29 is 22.7 Å². The van der Waals surface area contributed by atoms with Gasteiger partial charge in [0.25, 0.3) is 10.0 Å². The van der Waals surface area contributed by atoms with Gasteiger partial charge < -0.3 is 14.5 Å². The number of ether oxygens (including phenoxy) is 1. The van der Waals surface area contributed by atoms with Crippen molar-refractivity contribution in [3.63, 3.8) is 0 Å². The lowest BCUT2D eigenvalue weighted by Gasteiger charge is -2.32. The van der Waals surface area contributed by atoms with Crippen molar-refractivity contribution in [2.24, 2.45) is 0 Å². The van der Waals surface area contributed by atoms with E-state index in [1.54, 1.807) is 24.3 Å². The molecule has 202 valence electrons. The van der Waals surface area contributed by atoms with Crippen LogP contribution in [0, 0.1) is 0 Å². The molecule has 2 aromatic heterocycles. The maximum Gasteiger partial charge on any atom is 0.263 e. The summed E-state index contributed by atoms with van der Waals surface area (Å²) in [5.41, 5.74) is 0.931. The second kappa shape index (κ2) is 12.7. The number of benzene rings is 1. The number of rotatable bonds is 11. The van der Waals surface area contributed by atoms with Crippen LogP contribution in [-0.4, -0.2) is 91.2 Å². The number of hydrogen-bond acceptors (Lipinski definition) is 10.